The number of nitrogens with one attached hydrogen (secondary N) is 1. The fourth-order valence-corrected chi connectivity index (χ4v) is 2.71. The molecule has 1 rings (SSSR count). The first kappa shape index (κ1) is 17.9. The SMILES string of the molecule is CCC(C)N(CC)CCC(NC)c1c(F)cccc1OC. The highest BCUT2D eigenvalue weighted by atomic mass is 19.1. The number of rotatable bonds is 9. The highest BCUT2D eigenvalue weighted by Gasteiger charge is 2.20. The minimum atomic E-state index is -0.208. The number of hydrogen-bond acceptors (Lipinski definition) is 3. The predicted octanol–water partition coefficient (Wildman–Crippen LogP) is 3.61. The first-order chi connectivity index (χ1) is 10.1. The van der Waals surface area contributed by atoms with Crippen LogP contribution in [-0.4, -0.2) is 38.2 Å². The third-order valence-corrected chi connectivity index (χ3v) is 4.26. The van der Waals surface area contributed by atoms with Crippen LogP contribution in [0.25, 0.3) is 0 Å². The maximum atomic E-state index is 14.2. The van der Waals surface area contributed by atoms with Crippen molar-refractivity contribution < 1.29 is 9.13 Å². The Morgan fingerprint density at radius 2 is 2.05 bits per heavy atom. The molecule has 2 atom stereocenters. The summed E-state index contributed by atoms with van der Waals surface area (Å²) in [6.07, 6.45) is 1.98. The minimum absolute atomic E-state index is 0.0424. The third kappa shape index (κ3) is 4.68. The molecular weight excluding hydrogens is 267 g/mol. The van der Waals surface area contributed by atoms with Crippen LogP contribution in [-0.2, 0) is 0 Å². The van der Waals surface area contributed by atoms with E-state index in [9.17, 15) is 4.39 Å². The van der Waals surface area contributed by atoms with E-state index in [-0.39, 0.29) is 11.9 Å². The zero-order chi connectivity index (χ0) is 15.8. The summed E-state index contributed by atoms with van der Waals surface area (Å²) in [6.45, 7) is 8.56. The van der Waals surface area contributed by atoms with Crippen molar-refractivity contribution >= 4 is 0 Å². The van der Waals surface area contributed by atoms with Gasteiger partial charge < -0.3 is 15.0 Å². The van der Waals surface area contributed by atoms with Gasteiger partial charge in [-0.2, -0.15) is 0 Å². The van der Waals surface area contributed by atoms with E-state index in [0.29, 0.717) is 17.4 Å². The van der Waals surface area contributed by atoms with Crippen molar-refractivity contribution in [3.63, 3.8) is 0 Å². The van der Waals surface area contributed by atoms with E-state index in [2.05, 4.69) is 31.0 Å². The van der Waals surface area contributed by atoms with Gasteiger partial charge in [0.2, 0.25) is 0 Å². The fraction of sp³-hybridized carbons (Fsp3) is 0.647. The van der Waals surface area contributed by atoms with Crippen molar-refractivity contribution in [3.8, 4) is 5.75 Å². The number of nitrogens with zero attached hydrogens (tertiary/aromatic N) is 1. The molecule has 0 saturated carbocycles. The molecule has 0 heterocycles. The molecule has 2 unspecified atom stereocenters. The first-order valence-corrected chi connectivity index (χ1v) is 7.82. The largest absolute Gasteiger partial charge is 0.496 e. The maximum absolute atomic E-state index is 14.2. The molecule has 0 aliphatic rings. The van der Waals surface area contributed by atoms with E-state index >= 15 is 0 Å². The van der Waals surface area contributed by atoms with Gasteiger partial charge >= 0.3 is 0 Å². The van der Waals surface area contributed by atoms with Gasteiger partial charge in [-0.3, -0.25) is 0 Å². The molecule has 1 aromatic carbocycles. The smallest absolute Gasteiger partial charge is 0.131 e. The molecule has 0 aliphatic carbocycles. The molecule has 120 valence electrons. The average Bonchev–Trinajstić information content (AvgIpc) is 2.51. The topological polar surface area (TPSA) is 24.5 Å². The van der Waals surface area contributed by atoms with Gasteiger partial charge in [-0.15, -0.1) is 0 Å². The molecule has 0 amide bonds. The van der Waals surface area contributed by atoms with Crippen LogP contribution >= 0.6 is 0 Å². The van der Waals surface area contributed by atoms with Crippen molar-refractivity contribution in [1.82, 2.24) is 10.2 Å². The Labute approximate surface area is 128 Å². The van der Waals surface area contributed by atoms with E-state index in [0.717, 1.165) is 25.9 Å². The number of methoxy groups -OCH3 is 1. The van der Waals surface area contributed by atoms with Crippen LogP contribution in [0, 0.1) is 5.82 Å². The lowest BCUT2D eigenvalue weighted by Crippen LogP contribution is -2.35. The highest BCUT2D eigenvalue weighted by molar-refractivity contribution is 5.37. The van der Waals surface area contributed by atoms with Gasteiger partial charge in [-0.25, -0.2) is 4.39 Å². The summed E-state index contributed by atoms with van der Waals surface area (Å²) in [5, 5.41) is 3.22. The summed E-state index contributed by atoms with van der Waals surface area (Å²) in [4.78, 5) is 2.43. The third-order valence-electron chi connectivity index (χ3n) is 4.26. The summed E-state index contributed by atoms with van der Waals surface area (Å²) < 4.78 is 19.5. The van der Waals surface area contributed by atoms with Crippen molar-refractivity contribution in [1.29, 1.82) is 0 Å². The molecule has 0 saturated heterocycles. The maximum Gasteiger partial charge on any atom is 0.131 e. The molecule has 0 aromatic heterocycles. The van der Waals surface area contributed by atoms with Gasteiger partial charge in [0.05, 0.1) is 7.11 Å². The fourth-order valence-electron chi connectivity index (χ4n) is 2.71. The van der Waals surface area contributed by atoms with Gasteiger partial charge in [-0.1, -0.05) is 19.9 Å². The lowest BCUT2D eigenvalue weighted by atomic mass is 10.0. The van der Waals surface area contributed by atoms with Gasteiger partial charge in [0.1, 0.15) is 11.6 Å². The molecule has 4 heteroatoms. The zero-order valence-electron chi connectivity index (χ0n) is 13.9. The van der Waals surface area contributed by atoms with Crippen LogP contribution in [0.5, 0.6) is 5.75 Å². The molecular formula is C17H29FN2O. The molecule has 3 nitrogen and oxygen atoms in total. The zero-order valence-corrected chi connectivity index (χ0v) is 13.9. The molecule has 0 aliphatic heterocycles. The second kappa shape index (κ2) is 9.00. The summed E-state index contributed by atoms with van der Waals surface area (Å²) in [5.41, 5.74) is 0.628. The highest BCUT2D eigenvalue weighted by Crippen LogP contribution is 2.30. The second-order valence-corrected chi connectivity index (χ2v) is 5.37. The van der Waals surface area contributed by atoms with Gasteiger partial charge in [-0.05, 0) is 45.5 Å². The molecule has 0 bridgehead atoms. The summed E-state index contributed by atoms with van der Waals surface area (Å²) >= 11 is 0. The lowest BCUT2D eigenvalue weighted by molar-refractivity contribution is 0.203. The predicted molar refractivity (Wildman–Crippen MR) is 86.4 cm³/mol. The van der Waals surface area contributed by atoms with Gasteiger partial charge in [0, 0.05) is 24.2 Å². The van der Waals surface area contributed by atoms with Crippen LogP contribution < -0.4 is 10.1 Å². The Balaban J connectivity index is 2.84. The Hall–Kier alpha value is -1.13. The Morgan fingerprint density at radius 1 is 1.33 bits per heavy atom. The normalized spacial score (nSPS) is 14.2. The van der Waals surface area contributed by atoms with E-state index in [1.807, 2.05) is 13.1 Å². The summed E-state index contributed by atoms with van der Waals surface area (Å²) in [5.74, 6) is 0.404. The van der Waals surface area contributed by atoms with E-state index in [1.54, 1.807) is 13.2 Å². The lowest BCUT2D eigenvalue weighted by Gasteiger charge is -2.29. The van der Waals surface area contributed by atoms with Crippen LogP contribution in [0.1, 0.15) is 45.2 Å². The molecule has 0 spiro atoms. The van der Waals surface area contributed by atoms with Gasteiger partial charge in [0.15, 0.2) is 0 Å². The molecule has 1 aromatic rings. The van der Waals surface area contributed by atoms with E-state index in [4.69, 9.17) is 4.74 Å². The standard InChI is InChI=1S/C17H29FN2O/c1-6-13(3)20(7-2)12-11-15(19-4)17-14(18)9-8-10-16(17)21-5/h8-10,13,15,19H,6-7,11-12H2,1-5H3. The minimum Gasteiger partial charge on any atom is -0.496 e. The quantitative estimate of drug-likeness (QED) is 0.753. The Morgan fingerprint density at radius 3 is 2.57 bits per heavy atom. The second-order valence-electron chi connectivity index (χ2n) is 5.37. The van der Waals surface area contributed by atoms with Crippen LogP contribution in [0.15, 0.2) is 18.2 Å². The number of hydrogen-bond donors (Lipinski definition) is 1. The number of benzene rings is 1. The van der Waals surface area contributed by atoms with Gasteiger partial charge in [0.25, 0.3) is 0 Å². The van der Waals surface area contributed by atoms with Crippen LogP contribution in [0.2, 0.25) is 0 Å². The molecule has 0 fully saturated rings. The molecule has 0 radical (unpaired) electrons. The van der Waals surface area contributed by atoms with Crippen LogP contribution in [0.4, 0.5) is 4.39 Å². The average molecular weight is 296 g/mol. The van der Waals surface area contributed by atoms with E-state index in [1.165, 1.54) is 6.07 Å². The summed E-state index contributed by atoms with van der Waals surface area (Å²) in [7, 11) is 3.46. The van der Waals surface area contributed by atoms with Crippen molar-refractivity contribution in [2.24, 2.45) is 0 Å². The van der Waals surface area contributed by atoms with Crippen molar-refractivity contribution in [2.75, 3.05) is 27.2 Å². The van der Waals surface area contributed by atoms with Crippen LogP contribution in [0.3, 0.4) is 0 Å². The summed E-state index contributed by atoms with van der Waals surface area (Å²) in [6, 6.07) is 5.50. The van der Waals surface area contributed by atoms with E-state index < -0.39 is 0 Å². The first-order valence-electron chi connectivity index (χ1n) is 7.82. The molecule has 21 heavy (non-hydrogen) atoms. The van der Waals surface area contributed by atoms with Crippen molar-refractivity contribution in [2.45, 2.75) is 45.7 Å². The number of ether oxygens (including phenoxy) is 1. The Bertz CT molecular complexity index is 425. The monoisotopic (exact) mass is 296 g/mol. The number of halogens is 1. The molecule has 1 N–H and O–H groups in total. The Kier molecular flexibility index (Phi) is 7.68. The van der Waals surface area contributed by atoms with Crippen molar-refractivity contribution in [3.05, 3.63) is 29.6 Å².